The molecule has 1 aliphatic carbocycles. The third kappa shape index (κ3) is 5.14. The van der Waals surface area contributed by atoms with Crippen molar-refractivity contribution < 1.29 is 18.1 Å². The van der Waals surface area contributed by atoms with Crippen LogP contribution >= 0.6 is 0 Å². The number of non-ortho nitro benzene ring substituents is 1. The van der Waals surface area contributed by atoms with Crippen molar-refractivity contribution in [2.75, 3.05) is 5.32 Å². The Balaban J connectivity index is 1.57. The first-order valence-corrected chi connectivity index (χ1v) is 10.4. The first-order chi connectivity index (χ1) is 13.2. The van der Waals surface area contributed by atoms with Gasteiger partial charge in [-0.25, -0.2) is 13.1 Å². The molecule has 0 heterocycles. The molecule has 0 bridgehead atoms. The molecule has 1 aliphatic rings. The molecule has 2 aromatic carbocycles. The quantitative estimate of drug-likeness (QED) is 0.519. The Kier molecular flexibility index (Phi) is 5.76. The molecule has 1 amide bonds. The second-order valence-corrected chi connectivity index (χ2v) is 8.56. The van der Waals surface area contributed by atoms with Crippen LogP contribution < -0.4 is 10.0 Å². The number of nitro groups is 1. The minimum atomic E-state index is -3.49. The van der Waals surface area contributed by atoms with E-state index >= 15 is 0 Å². The summed E-state index contributed by atoms with van der Waals surface area (Å²) in [5.74, 6) is -0.268. The van der Waals surface area contributed by atoms with Crippen LogP contribution in [0.1, 0.15) is 30.4 Å². The van der Waals surface area contributed by atoms with Crippen LogP contribution in [0.25, 0.3) is 0 Å². The van der Waals surface area contributed by atoms with Crippen LogP contribution in [0.15, 0.2) is 47.4 Å². The van der Waals surface area contributed by atoms with E-state index in [4.69, 9.17) is 0 Å². The number of benzene rings is 2. The molecule has 3 rings (SSSR count). The van der Waals surface area contributed by atoms with Gasteiger partial charge in [-0.15, -0.1) is 0 Å². The van der Waals surface area contributed by atoms with E-state index in [1.165, 1.54) is 24.3 Å². The third-order valence-corrected chi connectivity index (χ3v) is 6.02. The highest BCUT2D eigenvalue weighted by Gasteiger charge is 2.27. The Morgan fingerprint density at radius 2 is 1.86 bits per heavy atom. The summed E-state index contributed by atoms with van der Waals surface area (Å²) in [5.41, 5.74) is 1.89. The molecule has 1 fully saturated rings. The van der Waals surface area contributed by atoms with E-state index in [1.54, 1.807) is 25.1 Å². The number of aryl methyl sites for hydroxylation is 2. The highest BCUT2D eigenvalue weighted by molar-refractivity contribution is 7.89. The fourth-order valence-corrected chi connectivity index (χ4v) is 3.96. The van der Waals surface area contributed by atoms with Gasteiger partial charge in [-0.05, 0) is 49.4 Å². The number of carbonyl (C=O) groups is 1. The molecule has 0 aliphatic heterocycles. The standard InChI is InChI=1S/C19H21N3O5S/c1-13-2-8-16(22(24)25)12-18(13)20-19(23)11-5-14-3-9-17(10-4-14)28(26,27)21-15-6-7-15/h2-4,8-10,12,15,21H,5-7,11H2,1H3,(H,20,23). The Morgan fingerprint density at radius 3 is 2.46 bits per heavy atom. The van der Waals surface area contributed by atoms with Gasteiger partial charge in [0.1, 0.15) is 0 Å². The summed E-state index contributed by atoms with van der Waals surface area (Å²) in [6.45, 7) is 1.76. The Bertz CT molecular complexity index is 999. The van der Waals surface area contributed by atoms with Crippen LogP contribution in [0.3, 0.4) is 0 Å². The smallest absolute Gasteiger partial charge is 0.271 e. The van der Waals surface area contributed by atoms with Crippen molar-refractivity contribution >= 4 is 27.3 Å². The summed E-state index contributed by atoms with van der Waals surface area (Å²) in [7, 11) is -3.49. The van der Waals surface area contributed by atoms with Gasteiger partial charge in [0, 0.05) is 24.6 Å². The lowest BCUT2D eigenvalue weighted by atomic mass is 10.1. The minimum Gasteiger partial charge on any atom is -0.326 e. The molecule has 0 spiro atoms. The first-order valence-electron chi connectivity index (χ1n) is 8.91. The largest absolute Gasteiger partial charge is 0.326 e. The molecule has 2 N–H and O–H groups in total. The molecule has 0 radical (unpaired) electrons. The van der Waals surface area contributed by atoms with Crippen molar-refractivity contribution in [2.24, 2.45) is 0 Å². The van der Waals surface area contributed by atoms with Gasteiger partial charge >= 0.3 is 0 Å². The third-order valence-electron chi connectivity index (χ3n) is 4.48. The summed E-state index contributed by atoms with van der Waals surface area (Å²) in [6, 6.07) is 10.8. The van der Waals surface area contributed by atoms with Gasteiger partial charge in [-0.1, -0.05) is 18.2 Å². The summed E-state index contributed by atoms with van der Waals surface area (Å²) in [4.78, 5) is 22.8. The Hall–Kier alpha value is -2.78. The molecular weight excluding hydrogens is 382 g/mol. The number of sulfonamides is 1. The summed E-state index contributed by atoms with van der Waals surface area (Å²) in [6.07, 6.45) is 2.34. The summed E-state index contributed by atoms with van der Waals surface area (Å²) in [5, 5.41) is 13.6. The predicted molar refractivity (Wildman–Crippen MR) is 105 cm³/mol. The number of nitrogens with one attached hydrogen (secondary N) is 2. The molecule has 8 nitrogen and oxygen atoms in total. The van der Waals surface area contributed by atoms with E-state index in [-0.39, 0.29) is 29.0 Å². The van der Waals surface area contributed by atoms with Gasteiger partial charge < -0.3 is 5.32 Å². The van der Waals surface area contributed by atoms with Crippen molar-refractivity contribution in [1.82, 2.24) is 4.72 Å². The van der Waals surface area contributed by atoms with Crippen molar-refractivity contribution in [3.63, 3.8) is 0 Å². The van der Waals surface area contributed by atoms with Crippen molar-refractivity contribution in [1.29, 1.82) is 0 Å². The maximum atomic E-state index is 12.2. The maximum absolute atomic E-state index is 12.2. The Labute approximate surface area is 163 Å². The normalized spacial score (nSPS) is 13.9. The van der Waals surface area contributed by atoms with Gasteiger partial charge in [0.15, 0.2) is 0 Å². The Morgan fingerprint density at radius 1 is 1.18 bits per heavy atom. The maximum Gasteiger partial charge on any atom is 0.271 e. The lowest BCUT2D eigenvalue weighted by molar-refractivity contribution is -0.384. The van der Waals surface area contributed by atoms with Crippen LogP contribution in [0, 0.1) is 17.0 Å². The van der Waals surface area contributed by atoms with Crippen LogP contribution in [-0.2, 0) is 21.2 Å². The van der Waals surface area contributed by atoms with Crippen LogP contribution in [-0.4, -0.2) is 25.3 Å². The topological polar surface area (TPSA) is 118 Å². The van der Waals surface area contributed by atoms with Crippen LogP contribution in [0.4, 0.5) is 11.4 Å². The van der Waals surface area contributed by atoms with Gasteiger partial charge in [-0.2, -0.15) is 0 Å². The van der Waals surface area contributed by atoms with Gasteiger partial charge in [-0.3, -0.25) is 14.9 Å². The van der Waals surface area contributed by atoms with Gasteiger partial charge in [0.05, 0.1) is 15.5 Å². The number of anilines is 1. The van der Waals surface area contributed by atoms with Crippen molar-refractivity contribution in [3.05, 3.63) is 63.7 Å². The summed E-state index contributed by atoms with van der Waals surface area (Å²) >= 11 is 0. The average Bonchev–Trinajstić information content (AvgIpc) is 3.45. The second kappa shape index (κ2) is 8.07. The molecule has 0 atom stereocenters. The number of amides is 1. The van der Waals surface area contributed by atoms with Crippen LogP contribution in [0.2, 0.25) is 0 Å². The molecule has 0 unspecified atom stereocenters. The average molecular weight is 403 g/mol. The van der Waals surface area contributed by atoms with E-state index in [9.17, 15) is 23.3 Å². The van der Waals surface area contributed by atoms with E-state index < -0.39 is 14.9 Å². The lowest BCUT2D eigenvalue weighted by Crippen LogP contribution is -2.25. The molecular formula is C19H21N3O5S. The zero-order chi connectivity index (χ0) is 20.3. The van der Waals surface area contributed by atoms with Crippen LogP contribution in [0.5, 0.6) is 0 Å². The molecule has 9 heteroatoms. The zero-order valence-corrected chi connectivity index (χ0v) is 16.2. The van der Waals surface area contributed by atoms with Crippen molar-refractivity contribution in [3.8, 4) is 0 Å². The van der Waals surface area contributed by atoms with Crippen molar-refractivity contribution in [2.45, 2.75) is 43.5 Å². The van der Waals surface area contributed by atoms with Gasteiger partial charge in [0.25, 0.3) is 5.69 Å². The fraction of sp³-hybridized carbons (Fsp3) is 0.316. The molecule has 28 heavy (non-hydrogen) atoms. The minimum absolute atomic E-state index is 0.0469. The number of hydrogen-bond donors (Lipinski definition) is 2. The number of carbonyl (C=O) groups excluding carboxylic acids is 1. The lowest BCUT2D eigenvalue weighted by Gasteiger charge is -2.09. The molecule has 1 saturated carbocycles. The number of nitro benzene ring substituents is 1. The molecule has 0 saturated heterocycles. The molecule has 2 aromatic rings. The SMILES string of the molecule is Cc1ccc([N+](=O)[O-])cc1NC(=O)CCc1ccc(S(=O)(=O)NC2CC2)cc1. The van der Waals surface area contributed by atoms with E-state index in [1.807, 2.05) is 0 Å². The predicted octanol–water partition coefficient (Wildman–Crippen LogP) is 2.92. The fourth-order valence-electron chi connectivity index (χ4n) is 2.65. The zero-order valence-electron chi connectivity index (χ0n) is 15.3. The molecule has 0 aromatic heterocycles. The number of hydrogen-bond acceptors (Lipinski definition) is 5. The molecule has 148 valence electrons. The second-order valence-electron chi connectivity index (χ2n) is 6.84. The van der Waals surface area contributed by atoms with E-state index in [0.717, 1.165) is 24.0 Å². The first kappa shape index (κ1) is 20.0. The number of rotatable bonds is 8. The number of nitrogens with zero attached hydrogens (tertiary/aromatic N) is 1. The highest BCUT2D eigenvalue weighted by Crippen LogP contribution is 2.23. The van der Waals surface area contributed by atoms with Gasteiger partial charge in [0.2, 0.25) is 15.9 Å². The van der Waals surface area contributed by atoms with E-state index in [0.29, 0.717) is 12.1 Å². The van der Waals surface area contributed by atoms with E-state index in [2.05, 4.69) is 10.0 Å². The highest BCUT2D eigenvalue weighted by atomic mass is 32.2. The summed E-state index contributed by atoms with van der Waals surface area (Å²) < 4.78 is 26.9. The monoisotopic (exact) mass is 403 g/mol.